The lowest BCUT2D eigenvalue weighted by Crippen LogP contribution is -2.31. The molecule has 0 aliphatic heterocycles. The average Bonchev–Trinajstić information content (AvgIpc) is 2.58. The maximum atomic E-state index is 5.63. The summed E-state index contributed by atoms with van der Waals surface area (Å²) in [5.41, 5.74) is 4.25. The molecule has 0 aliphatic rings. The Morgan fingerprint density at radius 2 is 2.12 bits per heavy atom. The first-order chi connectivity index (χ1) is 7.83. The van der Waals surface area contributed by atoms with Crippen LogP contribution >= 0.6 is 0 Å². The first-order valence-corrected chi connectivity index (χ1v) is 6.14. The molecule has 5 heteroatoms. The summed E-state index contributed by atoms with van der Waals surface area (Å²) in [6.07, 6.45) is 3.94. The zero-order chi connectivity index (χ0) is 13.1. The lowest BCUT2D eigenvalue weighted by atomic mass is 9.82. The summed E-state index contributed by atoms with van der Waals surface area (Å²) in [5.74, 6) is 6.23. The third-order valence-corrected chi connectivity index (χ3v) is 2.91. The van der Waals surface area contributed by atoms with Crippen molar-refractivity contribution in [3.8, 4) is 0 Å². The summed E-state index contributed by atoms with van der Waals surface area (Å²) in [5, 5.41) is 7.83. The van der Waals surface area contributed by atoms with E-state index in [2.05, 4.69) is 43.4 Å². The predicted molar refractivity (Wildman–Crippen MR) is 68.9 cm³/mol. The number of hydrogen-bond donors (Lipinski definition) is 2. The van der Waals surface area contributed by atoms with E-state index in [4.69, 9.17) is 5.84 Å². The highest BCUT2D eigenvalue weighted by Gasteiger charge is 2.21. The molecule has 2 unspecified atom stereocenters. The molecule has 5 nitrogen and oxygen atoms in total. The zero-order valence-corrected chi connectivity index (χ0v) is 11.6. The number of nitrogens with two attached hydrogens (primary N) is 1. The third kappa shape index (κ3) is 4.44. The van der Waals surface area contributed by atoms with Gasteiger partial charge in [0.2, 0.25) is 0 Å². The van der Waals surface area contributed by atoms with E-state index in [-0.39, 0.29) is 6.04 Å². The molecule has 0 saturated heterocycles. The maximum absolute atomic E-state index is 5.63. The van der Waals surface area contributed by atoms with Gasteiger partial charge in [0.05, 0.1) is 17.9 Å². The Labute approximate surface area is 104 Å². The van der Waals surface area contributed by atoms with Gasteiger partial charge in [-0.1, -0.05) is 32.9 Å². The molecule has 0 fully saturated rings. The van der Waals surface area contributed by atoms with Crippen LogP contribution in [0.25, 0.3) is 0 Å². The first-order valence-electron chi connectivity index (χ1n) is 6.14. The standard InChI is InChI=1S/C12H25N5/c1-9(7-12(2,3)4)6-10(15-13)11-8-14-16-17(11)5/h8-10,15H,6-7,13H2,1-5H3. The van der Waals surface area contributed by atoms with Crippen molar-refractivity contribution < 1.29 is 0 Å². The van der Waals surface area contributed by atoms with Crippen LogP contribution in [0, 0.1) is 11.3 Å². The van der Waals surface area contributed by atoms with Gasteiger partial charge in [-0.2, -0.15) is 0 Å². The number of nitrogens with one attached hydrogen (secondary N) is 1. The van der Waals surface area contributed by atoms with E-state index in [0.717, 1.165) is 12.1 Å². The quantitative estimate of drug-likeness (QED) is 0.607. The fraction of sp³-hybridized carbons (Fsp3) is 0.833. The van der Waals surface area contributed by atoms with Crippen molar-refractivity contribution in [2.24, 2.45) is 24.2 Å². The minimum atomic E-state index is 0.118. The van der Waals surface area contributed by atoms with Gasteiger partial charge in [0.1, 0.15) is 0 Å². The highest BCUT2D eigenvalue weighted by Crippen LogP contribution is 2.29. The molecule has 1 aromatic heterocycles. The predicted octanol–water partition coefficient (Wildman–Crippen LogP) is 1.78. The van der Waals surface area contributed by atoms with E-state index in [1.165, 1.54) is 6.42 Å². The van der Waals surface area contributed by atoms with E-state index in [9.17, 15) is 0 Å². The van der Waals surface area contributed by atoms with Gasteiger partial charge in [0.25, 0.3) is 0 Å². The van der Waals surface area contributed by atoms with Gasteiger partial charge >= 0.3 is 0 Å². The molecular formula is C12H25N5. The molecule has 1 rings (SSSR count). The average molecular weight is 239 g/mol. The second-order valence-corrected chi connectivity index (χ2v) is 6.11. The van der Waals surface area contributed by atoms with Gasteiger partial charge < -0.3 is 0 Å². The molecule has 0 bridgehead atoms. The number of hydrogen-bond acceptors (Lipinski definition) is 4. The number of nitrogens with zero attached hydrogens (tertiary/aromatic N) is 3. The lowest BCUT2D eigenvalue weighted by molar-refractivity contribution is 0.273. The second kappa shape index (κ2) is 5.60. The van der Waals surface area contributed by atoms with Crippen LogP contribution in [0.1, 0.15) is 52.3 Å². The summed E-state index contributed by atoms with van der Waals surface area (Å²) >= 11 is 0. The Morgan fingerprint density at radius 3 is 2.53 bits per heavy atom. The number of rotatable bonds is 5. The normalized spacial score (nSPS) is 15.9. The van der Waals surface area contributed by atoms with Crippen molar-refractivity contribution in [1.82, 2.24) is 20.4 Å². The van der Waals surface area contributed by atoms with Crippen molar-refractivity contribution in [2.45, 2.75) is 46.6 Å². The maximum Gasteiger partial charge on any atom is 0.0766 e. The van der Waals surface area contributed by atoms with Crippen molar-refractivity contribution in [2.75, 3.05) is 0 Å². The first kappa shape index (κ1) is 14.1. The molecular weight excluding hydrogens is 214 g/mol. The Morgan fingerprint density at radius 1 is 1.47 bits per heavy atom. The Balaban J connectivity index is 2.62. The largest absolute Gasteiger partial charge is 0.271 e. The van der Waals surface area contributed by atoms with Gasteiger partial charge in [0.15, 0.2) is 0 Å². The molecule has 2 atom stereocenters. The van der Waals surface area contributed by atoms with Gasteiger partial charge in [-0.15, -0.1) is 5.10 Å². The molecule has 0 spiro atoms. The minimum absolute atomic E-state index is 0.118. The molecule has 3 N–H and O–H groups in total. The van der Waals surface area contributed by atoms with E-state index in [0.29, 0.717) is 11.3 Å². The van der Waals surface area contributed by atoms with Gasteiger partial charge in [-0.05, 0) is 24.2 Å². The highest BCUT2D eigenvalue weighted by atomic mass is 15.4. The third-order valence-electron chi connectivity index (χ3n) is 2.91. The number of aromatic nitrogens is 3. The van der Waals surface area contributed by atoms with Gasteiger partial charge in [-0.25, -0.2) is 0 Å². The highest BCUT2D eigenvalue weighted by molar-refractivity contribution is 5.01. The van der Waals surface area contributed by atoms with E-state index in [1.807, 2.05) is 7.05 Å². The molecule has 0 radical (unpaired) electrons. The summed E-state index contributed by atoms with van der Waals surface area (Å²) in [4.78, 5) is 0. The Hall–Kier alpha value is -0.940. The summed E-state index contributed by atoms with van der Waals surface area (Å²) in [6.45, 7) is 9.05. The fourth-order valence-corrected chi connectivity index (χ4v) is 2.42. The molecule has 17 heavy (non-hydrogen) atoms. The fourth-order valence-electron chi connectivity index (χ4n) is 2.42. The number of aryl methyl sites for hydroxylation is 1. The van der Waals surface area contributed by atoms with Crippen LogP contribution in [0.4, 0.5) is 0 Å². The number of hydrazine groups is 1. The summed E-state index contributed by atoms with van der Waals surface area (Å²) in [6, 6.07) is 0.118. The molecule has 0 aromatic carbocycles. The summed E-state index contributed by atoms with van der Waals surface area (Å²) < 4.78 is 1.77. The Kier molecular flexibility index (Phi) is 4.65. The van der Waals surface area contributed by atoms with Crippen LogP contribution in [0.5, 0.6) is 0 Å². The topological polar surface area (TPSA) is 68.8 Å². The van der Waals surface area contributed by atoms with Crippen LogP contribution in [-0.4, -0.2) is 15.0 Å². The van der Waals surface area contributed by atoms with Crippen molar-refractivity contribution in [1.29, 1.82) is 0 Å². The Bertz CT molecular complexity index is 339. The van der Waals surface area contributed by atoms with Gasteiger partial charge in [-0.3, -0.25) is 16.0 Å². The van der Waals surface area contributed by atoms with Crippen molar-refractivity contribution >= 4 is 0 Å². The van der Waals surface area contributed by atoms with Crippen LogP contribution in [-0.2, 0) is 7.05 Å². The SMILES string of the molecule is CC(CC(NN)c1cnnn1C)CC(C)(C)C. The van der Waals surface area contributed by atoms with Crippen LogP contribution in [0.3, 0.4) is 0 Å². The minimum Gasteiger partial charge on any atom is -0.271 e. The van der Waals surface area contributed by atoms with E-state index >= 15 is 0 Å². The molecule has 0 aliphatic carbocycles. The smallest absolute Gasteiger partial charge is 0.0766 e. The lowest BCUT2D eigenvalue weighted by Gasteiger charge is -2.26. The van der Waals surface area contributed by atoms with E-state index in [1.54, 1.807) is 10.9 Å². The zero-order valence-electron chi connectivity index (χ0n) is 11.6. The van der Waals surface area contributed by atoms with Crippen molar-refractivity contribution in [3.05, 3.63) is 11.9 Å². The molecule has 1 heterocycles. The monoisotopic (exact) mass is 239 g/mol. The second-order valence-electron chi connectivity index (χ2n) is 6.11. The van der Waals surface area contributed by atoms with Gasteiger partial charge in [0, 0.05) is 7.05 Å². The van der Waals surface area contributed by atoms with E-state index < -0.39 is 0 Å². The molecule has 0 amide bonds. The molecule has 1 aromatic rings. The van der Waals surface area contributed by atoms with Crippen molar-refractivity contribution in [3.63, 3.8) is 0 Å². The van der Waals surface area contributed by atoms with Crippen LogP contribution in [0.15, 0.2) is 6.20 Å². The molecule has 98 valence electrons. The summed E-state index contributed by atoms with van der Waals surface area (Å²) in [7, 11) is 1.89. The van der Waals surface area contributed by atoms with Crippen LogP contribution < -0.4 is 11.3 Å². The van der Waals surface area contributed by atoms with Crippen LogP contribution in [0.2, 0.25) is 0 Å². The molecule has 0 saturated carbocycles.